The molecule has 0 radical (unpaired) electrons. The molecule has 1 heterocycles. The van der Waals surface area contributed by atoms with Gasteiger partial charge in [-0.1, -0.05) is 96.3 Å². The number of nitrogens with zero attached hydrogens (tertiary/aromatic N) is 1. The Balaban J connectivity index is 1.53. The molecule has 1 aliphatic heterocycles. The number of rotatable bonds is 7. The van der Waals surface area contributed by atoms with Crippen molar-refractivity contribution in [3.05, 3.63) is 106 Å². The van der Waals surface area contributed by atoms with Crippen LogP contribution in [0.1, 0.15) is 28.3 Å². The van der Waals surface area contributed by atoms with Crippen molar-refractivity contribution >= 4 is 46.3 Å². The van der Waals surface area contributed by atoms with Gasteiger partial charge in [0.05, 0.1) is 4.91 Å². The van der Waals surface area contributed by atoms with Crippen LogP contribution in [-0.2, 0) is 16.2 Å². The van der Waals surface area contributed by atoms with E-state index in [0.29, 0.717) is 22.8 Å². The molecule has 3 aromatic rings. The summed E-state index contributed by atoms with van der Waals surface area (Å²) in [5.74, 6) is -0.884. The van der Waals surface area contributed by atoms with E-state index in [-0.39, 0.29) is 4.32 Å². The Bertz CT molecular complexity index is 1220. The van der Waals surface area contributed by atoms with Crippen LogP contribution in [0.3, 0.4) is 0 Å². The van der Waals surface area contributed by atoms with E-state index in [1.54, 1.807) is 36.4 Å². The lowest BCUT2D eigenvalue weighted by atomic mass is 10.1. The highest BCUT2D eigenvalue weighted by Crippen LogP contribution is 2.38. The third-order valence-corrected chi connectivity index (χ3v) is 6.44. The second kappa shape index (κ2) is 10.0. The highest BCUT2D eigenvalue weighted by atomic mass is 32.2. The molecule has 1 fully saturated rings. The molecule has 4 rings (SSSR count). The third kappa shape index (κ3) is 5.32. The van der Waals surface area contributed by atoms with E-state index >= 15 is 0 Å². The maximum absolute atomic E-state index is 13.1. The Hall–Kier alpha value is -3.42. The van der Waals surface area contributed by atoms with Gasteiger partial charge in [-0.25, -0.2) is 4.79 Å². The van der Waals surface area contributed by atoms with Crippen LogP contribution in [-0.4, -0.2) is 26.2 Å². The Morgan fingerprint density at radius 1 is 1.09 bits per heavy atom. The fraction of sp³-hybridized carbons (Fsp3) is 0.115. The first kappa shape index (κ1) is 22.8. The number of amides is 1. The van der Waals surface area contributed by atoms with Crippen LogP contribution in [0.5, 0.6) is 5.75 Å². The minimum absolute atomic E-state index is 0.217. The summed E-state index contributed by atoms with van der Waals surface area (Å²) in [6, 6.07) is 23.0. The molecule has 0 saturated carbocycles. The van der Waals surface area contributed by atoms with E-state index < -0.39 is 17.9 Å². The third-order valence-electron chi connectivity index (χ3n) is 5.11. The van der Waals surface area contributed by atoms with Crippen molar-refractivity contribution in [1.82, 2.24) is 4.90 Å². The molecule has 166 valence electrons. The number of carbonyl (C=O) groups is 2. The molecule has 1 amide bonds. The number of hydrogen-bond acceptors (Lipinski definition) is 5. The largest absolute Gasteiger partial charge is 0.489 e. The summed E-state index contributed by atoms with van der Waals surface area (Å²) in [5, 5.41) is 9.80. The molecular weight excluding hydrogens is 454 g/mol. The predicted octanol–water partition coefficient (Wildman–Crippen LogP) is 5.60. The SMILES string of the molecule is Cc1ccc(COc2cccc(/C=C3/SC(=S)N([C@@H](C(=O)O)c4ccccc4)C3=O)c2)cc1. The van der Waals surface area contributed by atoms with Gasteiger partial charge in [0, 0.05) is 0 Å². The zero-order valence-corrected chi connectivity index (χ0v) is 19.4. The van der Waals surface area contributed by atoms with Crippen LogP contribution in [0.4, 0.5) is 0 Å². The van der Waals surface area contributed by atoms with E-state index in [4.69, 9.17) is 17.0 Å². The summed E-state index contributed by atoms with van der Waals surface area (Å²) in [7, 11) is 0. The normalized spacial score (nSPS) is 15.7. The quantitative estimate of drug-likeness (QED) is 0.354. The maximum Gasteiger partial charge on any atom is 0.331 e. The van der Waals surface area contributed by atoms with Crippen molar-refractivity contribution in [3.8, 4) is 5.75 Å². The maximum atomic E-state index is 13.1. The number of benzene rings is 3. The molecule has 0 unspecified atom stereocenters. The average Bonchev–Trinajstić information content (AvgIpc) is 3.07. The molecule has 0 aromatic heterocycles. The van der Waals surface area contributed by atoms with E-state index in [0.717, 1.165) is 22.9 Å². The van der Waals surface area contributed by atoms with E-state index in [1.807, 2.05) is 55.5 Å². The summed E-state index contributed by atoms with van der Waals surface area (Å²) < 4.78 is 6.12. The molecule has 0 aliphatic carbocycles. The monoisotopic (exact) mass is 475 g/mol. The molecule has 1 saturated heterocycles. The number of carbonyl (C=O) groups excluding carboxylic acids is 1. The number of ether oxygens (including phenoxy) is 1. The summed E-state index contributed by atoms with van der Waals surface area (Å²) in [6.45, 7) is 2.47. The van der Waals surface area contributed by atoms with E-state index in [2.05, 4.69) is 0 Å². The minimum atomic E-state index is -1.17. The van der Waals surface area contributed by atoms with Gasteiger partial charge in [0.25, 0.3) is 5.91 Å². The number of aliphatic carboxylic acids is 1. The first-order chi connectivity index (χ1) is 15.9. The van der Waals surface area contributed by atoms with Gasteiger partial charge in [0.15, 0.2) is 6.04 Å². The van der Waals surface area contributed by atoms with Crippen LogP contribution in [0.2, 0.25) is 0 Å². The van der Waals surface area contributed by atoms with E-state index in [1.165, 1.54) is 10.5 Å². The molecule has 1 aliphatic rings. The number of carboxylic acids is 1. The van der Waals surface area contributed by atoms with Crippen molar-refractivity contribution in [2.45, 2.75) is 19.6 Å². The first-order valence-corrected chi connectivity index (χ1v) is 11.5. The summed E-state index contributed by atoms with van der Waals surface area (Å²) in [6.07, 6.45) is 1.71. The van der Waals surface area contributed by atoms with Crippen LogP contribution < -0.4 is 4.74 Å². The van der Waals surface area contributed by atoms with Gasteiger partial charge in [-0.05, 0) is 41.8 Å². The smallest absolute Gasteiger partial charge is 0.331 e. The Morgan fingerprint density at radius 2 is 1.82 bits per heavy atom. The van der Waals surface area contributed by atoms with Gasteiger partial charge in [-0.3, -0.25) is 9.69 Å². The summed E-state index contributed by atoms with van der Waals surface area (Å²) in [4.78, 5) is 26.7. The van der Waals surface area contributed by atoms with Gasteiger partial charge in [-0.2, -0.15) is 0 Å². The highest BCUT2D eigenvalue weighted by molar-refractivity contribution is 8.26. The average molecular weight is 476 g/mol. The van der Waals surface area contributed by atoms with Crippen molar-refractivity contribution in [3.63, 3.8) is 0 Å². The molecular formula is C26H21NO4S2. The predicted molar refractivity (Wildman–Crippen MR) is 134 cm³/mol. The zero-order chi connectivity index (χ0) is 23.4. The molecule has 0 bridgehead atoms. The van der Waals surface area contributed by atoms with Gasteiger partial charge < -0.3 is 9.84 Å². The lowest BCUT2D eigenvalue weighted by Crippen LogP contribution is -2.37. The van der Waals surface area contributed by atoms with Crippen LogP contribution in [0.15, 0.2) is 83.8 Å². The van der Waals surface area contributed by atoms with Crippen molar-refractivity contribution < 1.29 is 19.4 Å². The molecule has 33 heavy (non-hydrogen) atoms. The fourth-order valence-electron chi connectivity index (χ4n) is 3.44. The zero-order valence-electron chi connectivity index (χ0n) is 17.8. The first-order valence-electron chi connectivity index (χ1n) is 10.3. The van der Waals surface area contributed by atoms with E-state index in [9.17, 15) is 14.7 Å². The molecule has 5 nitrogen and oxygen atoms in total. The van der Waals surface area contributed by atoms with Crippen molar-refractivity contribution in [1.29, 1.82) is 0 Å². The van der Waals surface area contributed by atoms with Gasteiger partial charge in [0.1, 0.15) is 16.7 Å². The number of hydrogen-bond donors (Lipinski definition) is 1. The van der Waals surface area contributed by atoms with Crippen LogP contribution in [0.25, 0.3) is 6.08 Å². The lowest BCUT2D eigenvalue weighted by Gasteiger charge is -2.23. The van der Waals surface area contributed by atoms with Crippen molar-refractivity contribution in [2.75, 3.05) is 0 Å². The molecule has 3 aromatic carbocycles. The molecule has 1 N–H and O–H groups in total. The summed E-state index contributed by atoms with van der Waals surface area (Å²) >= 11 is 6.48. The highest BCUT2D eigenvalue weighted by Gasteiger charge is 2.41. The second-order valence-electron chi connectivity index (χ2n) is 7.55. The minimum Gasteiger partial charge on any atom is -0.489 e. The Kier molecular flexibility index (Phi) is 6.91. The molecule has 7 heteroatoms. The molecule has 1 atom stereocenters. The topological polar surface area (TPSA) is 66.8 Å². The standard InChI is InChI=1S/C26H21NO4S2/c1-17-10-12-18(13-11-17)16-31-21-9-5-6-19(14-21)15-22-24(28)27(26(32)33-22)23(25(29)30)20-7-3-2-4-8-20/h2-15,23H,16H2,1H3,(H,29,30)/b22-15+/t23-/m1/s1. The van der Waals surface area contributed by atoms with Crippen molar-refractivity contribution in [2.24, 2.45) is 0 Å². The van der Waals surface area contributed by atoms with Gasteiger partial charge >= 0.3 is 5.97 Å². The van der Waals surface area contributed by atoms with Gasteiger partial charge in [0.2, 0.25) is 0 Å². The fourth-order valence-corrected chi connectivity index (χ4v) is 4.75. The number of thiocarbonyl (C=S) groups is 1. The number of carboxylic acid groups (broad SMARTS) is 1. The van der Waals surface area contributed by atoms with Crippen LogP contribution >= 0.6 is 24.0 Å². The summed E-state index contributed by atoms with van der Waals surface area (Å²) in [5.41, 5.74) is 3.51. The number of thioether (sulfide) groups is 1. The molecule has 0 spiro atoms. The Labute approximate surface area is 201 Å². The number of aryl methyl sites for hydroxylation is 1. The second-order valence-corrected chi connectivity index (χ2v) is 9.23. The van der Waals surface area contributed by atoms with Crippen LogP contribution in [0, 0.1) is 6.92 Å². The Morgan fingerprint density at radius 3 is 2.52 bits per heavy atom. The lowest BCUT2D eigenvalue weighted by molar-refractivity contribution is -0.145. The van der Waals surface area contributed by atoms with Gasteiger partial charge in [-0.15, -0.1) is 0 Å².